The number of methoxy groups -OCH3 is 2. The van der Waals surface area contributed by atoms with Crippen LogP contribution in [-0.4, -0.2) is 30.1 Å². The van der Waals surface area contributed by atoms with Crippen molar-refractivity contribution in [2.75, 3.05) is 14.2 Å². The highest BCUT2D eigenvalue weighted by Gasteiger charge is 2.08. The first kappa shape index (κ1) is 9.71. The van der Waals surface area contributed by atoms with E-state index in [2.05, 4.69) is 4.98 Å². The van der Waals surface area contributed by atoms with Gasteiger partial charge in [0, 0.05) is 26.6 Å². The highest BCUT2D eigenvalue weighted by molar-refractivity contribution is 5.10. The lowest BCUT2D eigenvalue weighted by Gasteiger charge is -2.13. The van der Waals surface area contributed by atoms with E-state index in [1.165, 1.54) is 0 Å². The van der Waals surface area contributed by atoms with Gasteiger partial charge in [-0.15, -0.1) is 0 Å². The van der Waals surface area contributed by atoms with E-state index in [0.29, 0.717) is 12.4 Å². The summed E-state index contributed by atoms with van der Waals surface area (Å²) in [5, 5.41) is 8.65. The molecule has 0 N–H and O–H groups in total. The molecule has 5 heteroatoms. The van der Waals surface area contributed by atoms with E-state index < -0.39 is 0 Å². The Morgan fingerprint density at radius 3 is 2.85 bits per heavy atom. The third-order valence-electron chi connectivity index (χ3n) is 1.69. The van der Waals surface area contributed by atoms with Gasteiger partial charge >= 0.3 is 0 Å². The monoisotopic (exact) mass is 181 g/mol. The Bertz CT molecular complexity index is 299. The van der Waals surface area contributed by atoms with Crippen molar-refractivity contribution in [2.24, 2.45) is 0 Å². The lowest BCUT2D eigenvalue weighted by molar-refractivity contribution is -0.111. The fourth-order valence-electron chi connectivity index (χ4n) is 0.975. The highest BCUT2D eigenvalue weighted by atomic mass is 16.7. The molecule has 0 aliphatic heterocycles. The number of imidazole rings is 1. The van der Waals surface area contributed by atoms with Crippen LogP contribution in [0.3, 0.4) is 0 Å². The van der Waals surface area contributed by atoms with Crippen LogP contribution >= 0.6 is 0 Å². The van der Waals surface area contributed by atoms with E-state index in [-0.39, 0.29) is 6.29 Å². The predicted molar refractivity (Wildman–Crippen MR) is 44.7 cm³/mol. The van der Waals surface area contributed by atoms with Crippen LogP contribution in [0.2, 0.25) is 0 Å². The van der Waals surface area contributed by atoms with Crippen LogP contribution in [0.1, 0.15) is 5.82 Å². The van der Waals surface area contributed by atoms with Gasteiger partial charge in [0.15, 0.2) is 6.29 Å². The van der Waals surface area contributed by atoms with Gasteiger partial charge in [-0.25, -0.2) is 4.98 Å². The van der Waals surface area contributed by atoms with Crippen LogP contribution in [0.25, 0.3) is 0 Å². The molecule has 0 unspecified atom stereocenters. The average molecular weight is 181 g/mol. The lowest BCUT2D eigenvalue weighted by Crippen LogP contribution is -2.20. The molecule has 0 aliphatic rings. The van der Waals surface area contributed by atoms with E-state index in [4.69, 9.17) is 14.7 Å². The second kappa shape index (κ2) is 4.60. The maximum atomic E-state index is 8.65. The van der Waals surface area contributed by atoms with Crippen molar-refractivity contribution in [3.63, 3.8) is 0 Å². The Kier molecular flexibility index (Phi) is 3.43. The topological polar surface area (TPSA) is 60.1 Å². The van der Waals surface area contributed by atoms with Crippen LogP contribution in [0, 0.1) is 11.3 Å². The molecular formula is C8H11N3O2. The number of aromatic nitrogens is 2. The van der Waals surface area contributed by atoms with Gasteiger partial charge in [0.1, 0.15) is 6.07 Å². The Morgan fingerprint density at radius 2 is 2.31 bits per heavy atom. The Hall–Kier alpha value is -1.38. The van der Waals surface area contributed by atoms with E-state index in [1.54, 1.807) is 31.2 Å². The number of hydrogen-bond acceptors (Lipinski definition) is 4. The molecule has 0 aromatic carbocycles. The summed E-state index contributed by atoms with van der Waals surface area (Å²) in [5.74, 6) is 0.360. The summed E-state index contributed by atoms with van der Waals surface area (Å²) in [5.41, 5.74) is 0. The van der Waals surface area contributed by atoms with Gasteiger partial charge in [0.05, 0.1) is 6.54 Å². The fourth-order valence-corrected chi connectivity index (χ4v) is 0.975. The van der Waals surface area contributed by atoms with E-state index in [0.717, 1.165) is 0 Å². The van der Waals surface area contributed by atoms with Crippen molar-refractivity contribution in [2.45, 2.75) is 12.8 Å². The number of ether oxygens (including phenoxy) is 2. The zero-order chi connectivity index (χ0) is 9.68. The molecular weight excluding hydrogens is 170 g/mol. The zero-order valence-electron chi connectivity index (χ0n) is 7.60. The minimum absolute atomic E-state index is 0.346. The summed E-state index contributed by atoms with van der Waals surface area (Å²) in [6.07, 6.45) is 2.94. The molecule has 0 radical (unpaired) electrons. The Morgan fingerprint density at radius 1 is 1.62 bits per heavy atom. The van der Waals surface area contributed by atoms with Crippen LogP contribution < -0.4 is 0 Å². The summed E-state index contributed by atoms with van der Waals surface area (Å²) < 4.78 is 11.7. The molecule has 1 rings (SSSR count). The van der Waals surface area contributed by atoms with Gasteiger partial charge in [-0.05, 0) is 0 Å². The number of rotatable bonds is 4. The van der Waals surface area contributed by atoms with Crippen molar-refractivity contribution >= 4 is 0 Å². The van der Waals surface area contributed by atoms with E-state index in [9.17, 15) is 0 Å². The van der Waals surface area contributed by atoms with Crippen LogP contribution in [0.5, 0.6) is 0 Å². The maximum Gasteiger partial charge on any atom is 0.212 e. The molecule has 0 aliphatic carbocycles. The first-order chi connectivity index (χ1) is 6.31. The second-order valence-electron chi connectivity index (χ2n) is 2.42. The molecule has 0 saturated heterocycles. The summed E-state index contributed by atoms with van der Waals surface area (Å²) >= 11 is 0. The van der Waals surface area contributed by atoms with Gasteiger partial charge in [-0.3, -0.25) is 0 Å². The molecule has 1 aromatic heterocycles. The maximum absolute atomic E-state index is 8.65. The van der Waals surface area contributed by atoms with E-state index in [1.807, 2.05) is 6.07 Å². The van der Waals surface area contributed by atoms with Gasteiger partial charge in [-0.1, -0.05) is 0 Å². The molecule has 0 fully saturated rings. The first-order valence-corrected chi connectivity index (χ1v) is 3.78. The zero-order valence-corrected chi connectivity index (χ0v) is 7.60. The number of nitriles is 1. The average Bonchev–Trinajstić information content (AvgIpc) is 2.61. The third kappa shape index (κ3) is 2.28. The lowest BCUT2D eigenvalue weighted by atomic mass is 10.5. The largest absolute Gasteiger partial charge is 0.354 e. The quantitative estimate of drug-likeness (QED) is 0.630. The van der Waals surface area contributed by atoms with Gasteiger partial charge in [-0.2, -0.15) is 5.26 Å². The molecule has 70 valence electrons. The normalized spacial score (nSPS) is 10.3. The predicted octanol–water partition coefficient (Wildman–Crippen LogP) is 0.374. The highest BCUT2D eigenvalue weighted by Crippen LogP contribution is 2.00. The Labute approximate surface area is 76.5 Å². The molecule has 0 bridgehead atoms. The standard InChI is InChI=1S/C8H11N3O2/c1-12-8(13-2)6-11-4-3-10-7(11)5-9/h3-4,8H,6H2,1-2H3. The third-order valence-corrected chi connectivity index (χ3v) is 1.69. The summed E-state index contributed by atoms with van der Waals surface area (Å²) in [6.45, 7) is 0.468. The molecule has 1 heterocycles. The van der Waals surface area contributed by atoms with Crippen molar-refractivity contribution in [1.29, 1.82) is 5.26 Å². The second-order valence-corrected chi connectivity index (χ2v) is 2.42. The van der Waals surface area contributed by atoms with E-state index >= 15 is 0 Å². The fraction of sp³-hybridized carbons (Fsp3) is 0.500. The smallest absolute Gasteiger partial charge is 0.212 e. The molecule has 0 spiro atoms. The molecule has 13 heavy (non-hydrogen) atoms. The first-order valence-electron chi connectivity index (χ1n) is 3.78. The molecule has 5 nitrogen and oxygen atoms in total. The van der Waals surface area contributed by atoms with Crippen LogP contribution in [0.4, 0.5) is 0 Å². The van der Waals surface area contributed by atoms with Crippen LogP contribution in [0.15, 0.2) is 12.4 Å². The Balaban J connectivity index is 2.68. The van der Waals surface area contributed by atoms with Gasteiger partial charge < -0.3 is 14.0 Å². The number of hydrogen-bond donors (Lipinski definition) is 0. The minimum atomic E-state index is -0.346. The SMILES string of the molecule is COC(Cn1ccnc1C#N)OC. The van der Waals surface area contributed by atoms with Gasteiger partial charge in [0.25, 0.3) is 0 Å². The summed E-state index contributed by atoms with van der Waals surface area (Å²) in [7, 11) is 3.11. The van der Waals surface area contributed by atoms with Crippen molar-refractivity contribution < 1.29 is 9.47 Å². The van der Waals surface area contributed by atoms with Gasteiger partial charge in [0.2, 0.25) is 5.82 Å². The van der Waals surface area contributed by atoms with Crippen molar-refractivity contribution in [3.8, 4) is 6.07 Å². The minimum Gasteiger partial charge on any atom is -0.354 e. The summed E-state index contributed by atoms with van der Waals surface area (Å²) in [6, 6.07) is 1.97. The molecule has 0 saturated carbocycles. The molecule has 0 atom stereocenters. The summed E-state index contributed by atoms with van der Waals surface area (Å²) in [4.78, 5) is 3.85. The molecule has 1 aromatic rings. The van der Waals surface area contributed by atoms with Crippen LogP contribution in [-0.2, 0) is 16.0 Å². The van der Waals surface area contributed by atoms with Crippen molar-refractivity contribution in [1.82, 2.24) is 9.55 Å². The van der Waals surface area contributed by atoms with Crippen molar-refractivity contribution in [3.05, 3.63) is 18.2 Å². The number of nitrogens with zero attached hydrogens (tertiary/aromatic N) is 3. The molecule has 0 amide bonds.